The Hall–Kier alpha value is -3.37. The average Bonchev–Trinajstić information content (AvgIpc) is 2.90. The molecule has 0 saturated carbocycles. The maximum absolute atomic E-state index is 14.6. The molecule has 2 amide bonds. The van der Waals surface area contributed by atoms with Gasteiger partial charge in [-0.15, -0.1) is 11.8 Å². The van der Waals surface area contributed by atoms with Gasteiger partial charge in [0.25, 0.3) is 10.0 Å². The molecular formula is C30H36FN3O4S2. The van der Waals surface area contributed by atoms with E-state index in [0.29, 0.717) is 5.69 Å². The second-order valence-corrected chi connectivity index (χ2v) is 13.3. The zero-order valence-corrected chi connectivity index (χ0v) is 25.3. The molecule has 0 heterocycles. The van der Waals surface area contributed by atoms with E-state index in [4.69, 9.17) is 0 Å². The molecule has 0 unspecified atom stereocenters. The van der Waals surface area contributed by atoms with Gasteiger partial charge in [-0.25, -0.2) is 12.8 Å². The molecular weight excluding hydrogens is 549 g/mol. The molecule has 3 aromatic carbocycles. The van der Waals surface area contributed by atoms with Gasteiger partial charge in [0.2, 0.25) is 11.8 Å². The lowest BCUT2D eigenvalue weighted by atomic mass is 10.1. The molecule has 0 fully saturated rings. The highest BCUT2D eigenvalue weighted by Gasteiger charge is 2.33. The first kappa shape index (κ1) is 31.2. The van der Waals surface area contributed by atoms with Crippen LogP contribution in [0.4, 0.5) is 10.1 Å². The van der Waals surface area contributed by atoms with Gasteiger partial charge < -0.3 is 10.2 Å². The summed E-state index contributed by atoms with van der Waals surface area (Å²) in [6, 6.07) is 18.2. The molecule has 1 N–H and O–H groups in total. The summed E-state index contributed by atoms with van der Waals surface area (Å²) in [5.74, 6) is -1.61. The van der Waals surface area contributed by atoms with E-state index in [-0.39, 0.29) is 17.0 Å². The van der Waals surface area contributed by atoms with Crippen molar-refractivity contribution in [1.82, 2.24) is 10.2 Å². The van der Waals surface area contributed by atoms with Gasteiger partial charge in [-0.2, -0.15) is 0 Å². The quantitative estimate of drug-likeness (QED) is 0.323. The number of amides is 2. The van der Waals surface area contributed by atoms with Gasteiger partial charge in [-0.05, 0) is 83.3 Å². The maximum atomic E-state index is 14.6. The summed E-state index contributed by atoms with van der Waals surface area (Å²) >= 11 is 1.48. The third-order valence-electron chi connectivity index (χ3n) is 6.21. The summed E-state index contributed by atoms with van der Waals surface area (Å²) in [6.45, 7) is 8.07. The highest BCUT2D eigenvalue weighted by atomic mass is 32.2. The summed E-state index contributed by atoms with van der Waals surface area (Å²) in [6.07, 6.45) is 1.89. The Balaban J connectivity index is 2.04. The average molecular weight is 586 g/mol. The van der Waals surface area contributed by atoms with Crippen LogP contribution >= 0.6 is 11.8 Å². The number of aryl methyl sites for hydroxylation is 1. The second kappa shape index (κ2) is 12.9. The summed E-state index contributed by atoms with van der Waals surface area (Å²) in [5, 5.41) is 2.85. The van der Waals surface area contributed by atoms with Crippen molar-refractivity contribution in [3.05, 3.63) is 89.7 Å². The normalized spacial score (nSPS) is 12.5. The van der Waals surface area contributed by atoms with Gasteiger partial charge in [0.05, 0.1) is 10.6 Å². The number of hydrogen-bond acceptors (Lipinski definition) is 5. The number of sulfonamides is 1. The molecule has 0 spiro atoms. The SMILES string of the molecule is CSc1ccc(S(=O)(=O)N(CC(=O)N(Cc2ccccc2F)[C@H](C)C(=O)NC(C)(C)C)c2ccc(C)cc2)cc1. The van der Waals surface area contributed by atoms with Gasteiger partial charge in [0.15, 0.2) is 0 Å². The number of nitrogens with one attached hydrogen (secondary N) is 1. The van der Waals surface area contributed by atoms with Crippen molar-refractivity contribution in [3.8, 4) is 0 Å². The van der Waals surface area contributed by atoms with E-state index in [1.807, 2.05) is 34.0 Å². The van der Waals surface area contributed by atoms with Crippen molar-refractivity contribution >= 4 is 39.3 Å². The van der Waals surface area contributed by atoms with E-state index in [2.05, 4.69) is 5.32 Å². The van der Waals surface area contributed by atoms with Gasteiger partial charge in [0.1, 0.15) is 18.4 Å². The minimum Gasteiger partial charge on any atom is -0.350 e. The number of carbonyl (C=O) groups is 2. The van der Waals surface area contributed by atoms with Gasteiger partial charge >= 0.3 is 0 Å². The van der Waals surface area contributed by atoms with E-state index in [0.717, 1.165) is 14.8 Å². The maximum Gasteiger partial charge on any atom is 0.264 e. The zero-order chi connectivity index (χ0) is 29.7. The van der Waals surface area contributed by atoms with E-state index in [1.165, 1.54) is 47.0 Å². The van der Waals surface area contributed by atoms with Crippen LogP contribution in [0.3, 0.4) is 0 Å². The number of thioether (sulfide) groups is 1. The topological polar surface area (TPSA) is 86.8 Å². The second-order valence-electron chi connectivity index (χ2n) is 10.6. The Kier molecular flexibility index (Phi) is 10.0. The Morgan fingerprint density at radius 3 is 2.12 bits per heavy atom. The molecule has 3 rings (SSSR count). The van der Waals surface area contributed by atoms with Gasteiger partial charge in [0, 0.05) is 22.5 Å². The lowest BCUT2D eigenvalue weighted by molar-refractivity contribution is -0.140. The summed E-state index contributed by atoms with van der Waals surface area (Å²) in [4.78, 5) is 29.2. The molecule has 0 aromatic heterocycles. The van der Waals surface area contributed by atoms with Crippen molar-refractivity contribution in [1.29, 1.82) is 0 Å². The lowest BCUT2D eigenvalue weighted by Gasteiger charge is -2.33. The van der Waals surface area contributed by atoms with Crippen LogP contribution in [0.1, 0.15) is 38.8 Å². The molecule has 0 radical (unpaired) electrons. The molecule has 0 aliphatic heterocycles. The standard InChI is InChI=1S/C30H36FN3O4S2/c1-21-11-13-24(14-12-21)34(40(37,38)26-17-15-25(39-6)16-18-26)20-28(35)33(19-23-9-7-8-10-27(23)31)22(2)29(36)32-30(3,4)5/h7-18,22H,19-20H2,1-6H3,(H,32,36)/t22-/m1/s1. The number of halogens is 1. The Morgan fingerprint density at radius 1 is 0.975 bits per heavy atom. The predicted octanol–water partition coefficient (Wildman–Crippen LogP) is 5.38. The molecule has 1 atom stereocenters. The highest BCUT2D eigenvalue weighted by Crippen LogP contribution is 2.27. The first-order valence-electron chi connectivity index (χ1n) is 12.8. The van der Waals surface area contributed by atoms with Crippen molar-refractivity contribution in [3.63, 3.8) is 0 Å². The Labute approximate surface area is 240 Å². The van der Waals surface area contributed by atoms with Crippen LogP contribution in [0.5, 0.6) is 0 Å². The third-order valence-corrected chi connectivity index (χ3v) is 8.74. The third kappa shape index (κ3) is 7.85. The number of carbonyl (C=O) groups excluding carboxylic acids is 2. The van der Waals surface area contributed by atoms with E-state index in [1.54, 1.807) is 49.4 Å². The van der Waals surface area contributed by atoms with Crippen molar-refractivity contribution in [2.75, 3.05) is 17.1 Å². The Morgan fingerprint density at radius 2 is 1.57 bits per heavy atom. The van der Waals surface area contributed by atoms with Crippen molar-refractivity contribution < 1.29 is 22.4 Å². The molecule has 0 saturated heterocycles. The molecule has 10 heteroatoms. The van der Waals surface area contributed by atoms with Crippen LogP contribution in [0, 0.1) is 12.7 Å². The van der Waals surface area contributed by atoms with Crippen molar-refractivity contribution in [2.45, 2.75) is 62.5 Å². The van der Waals surface area contributed by atoms with Crippen molar-refractivity contribution in [2.24, 2.45) is 0 Å². The first-order valence-corrected chi connectivity index (χ1v) is 15.5. The zero-order valence-electron chi connectivity index (χ0n) is 23.6. The van der Waals surface area contributed by atoms with Gasteiger partial charge in [-0.3, -0.25) is 13.9 Å². The molecule has 7 nitrogen and oxygen atoms in total. The number of rotatable bonds is 10. The number of hydrogen-bond donors (Lipinski definition) is 1. The fraction of sp³-hybridized carbons (Fsp3) is 0.333. The number of benzene rings is 3. The highest BCUT2D eigenvalue weighted by molar-refractivity contribution is 7.98. The van der Waals surface area contributed by atoms with Crippen LogP contribution in [0.25, 0.3) is 0 Å². The minimum absolute atomic E-state index is 0.0258. The molecule has 40 heavy (non-hydrogen) atoms. The molecule has 0 aliphatic carbocycles. The van der Waals surface area contributed by atoms with E-state index >= 15 is 0 Å². The predicted molar refractivity (Wildman–Crippen MR) is 158 cm³/mol. The van der Waals surface area contributed by atoms with Crippen LogP contribution in [-0.2, 0) is 26.2 Å². The molecule has 0 aliphatic rings. The molecule has 214 valence electrons. The number of anilines is 1. The fourth-order valence-corrected chi connectivity index (χ4v) is 5.80. The minimum atomic E-state index is -4.17. The summed E-state index contributed by atoms with van der Waals surface area (Å²) in [7, 11) is -4.17. The van der Waals surface area contributed by atoms with E-state index < -0.39 is 45.8 Å². The summed E-state index contributed by atoms with van der Waals surface area (Å²) in [5.41, 5.74) is 0.859. The van der Waals surface area contributed by atoms with Gasteiger partial charge in [-0.1, -0.05) is 35.9 Å². The smallest absolute Gasteiger partial charge is 0.264 e. The van der Waals surface area contributed by atoms with Crippen LogP contribution in [0.15, 0.2) is 82.6 Å². The molecule has 0 bridgehead atoms. The first-order chi connectivity index (χ1) is 18.7. The van der Waals surface area contributed by atoms with Crippen LogP contribution < -0.4 is 9.62 Å². The largest absolute Gasteiger partial charge is 0.350 e. The van der Waals surface area contributed by atoms with Crippen LogP contribution in [-0.4, -0.2) is 49.5 Å². The summed E-state index contributed by atoms with van der Waals surface area (Å²) < 4.78 is 43.5. The molecule has 3 aromatic rings. The van der Waals surface area contributed by atoms with E-state index in [9.17, 15) is 22.4 Å². The number of nitrogens with zero attached hydrogens (tertiary/aromatic N) is 2. The monoisotopic (exact) mass is 585 g/mol. The Bertz CT molecular complexity index is 1440. The fourth-order valence-electron chi connectivity index (χ4n) is 3.98. The lowest BCUT2D eigenvalue weighted by Crippen LogP contribution is -2.54. The van der Waals surface area contributed by atoms with Crippen LogP contribution in [0.2, 0.25) is 0 Å².